The third-order valence-corrected chi connectivity index (χ3v) is 3.95. The molecular formula is C17H14ClFN2O2. The highest BCUT2D eigenvalue weighted by molar-refractivity contribution is 6.30. The number of hydrogen-bond acceptors (Lipinski definition) is 3. The first-order valence-corrected chi connectivity index (χ1v) is 7.52. The van der Waals surface area contributed by atoms with Gasteiger partial charge >= 0.3 is 0 Å². The Labute approximate surface area is 137 Å². The van der Waals surface area contributed by atoms with Crippen LogP contribution in [0.2, 0.25) is 5.02 Å². The van der Waals surface area contributed by atoms with E-state index in [9.17, 15) is 14.0 Å². The predicted molar refractivity (Wildman–Crippen MR) is 85.6 cm³/mol. The summed E-state index contributed by atoms with van der Waals surface area (Å²) in [7, 11) is 0. The number of rotatable bonds is 4. The standard InChI is InChI=1S/C17H14ClFN2O2/c18-12-3-7-14(8-4-12)21-16(22)9-15(17(21)23)20-10-11-1-5-13(19)6-2-11/h1-8,15,20H,9-10H2. The fourth-order valence-electron chi connectivity index (χ4n) is 2.50. The average molecular weight is 333 g/mol. The number of anilines is 1. The number of nitrogens with zero attached hydrogens (tertiary/aromatic N) is 1. The van der Waals surface area contributed by atoms with E-state index in [1.807, 2.05) is 0 Å². The Balaban J connectivity index is 1.68. The van der Waals surface area contributed by atoms with Gasteiger partial charge in [-0.2, -0.15) is 0 Å². The second-order valence-corrected chi connectivity index (χ2v) is 5.74. The van der Waals surface area contributed by atoms with Crippen molar-refractivity contribution in [1.82, 2.24) is 5.32 Å². The molecule has 118 valence electrons. The number of carbonyl (C=O) groups is 2. The molecular weight excluding hydrogens is 319 g/mol. The van der Waals surface area contributed by atoms with Crippen molar-refractivity contribution in [3.63, 3.8) is 0 Å². The van der Waals surface area contributed by atoms with Crippen LogP contribution in [0, 0.1) is 5.82 Å². The first-order valence-electron chi connectivity index (χ1n) is 7.15. The van der Waals surface area contributed by atoms with Crippen molar-refractivity contribution in [2.75, 3.05) is 4.90 Å². The number of hydrogen-bond donors (Lipinski definition) is 1. The first-order chi connectivity index (χ1) is 11.0. The lowest BCUT2D eigenvalue weighted by Gasteiger charge is -2.15. The zero-order valence-corrected chi connectivity index (χ0v) is 12.9. The highest BCUT2D eigenvalue weighted by Crippen LogP contribution is 2.24. The van der Waals surface area contributed by atoms with Crippen molar-refractivity contribution in [3.05, 3.63) is 64.9 Å². The molecule has 0 spiro atoms. The quantitative estimate of drug-likeness (QED) is 0.876. The Morgan fingerprint density at radius 2 is 1.74 bits per heavy atom. The lowest BCUT2D eigenvalue weighted by molar-refractivity contribution is -0.121. The van der Waals surface area contributed by atoms with Gasteiger partial charge in [0, 0.05) is 11.6 Å². The van der Waals surface area contributed by atoms with E-state index in [0.717, 1.165) is 5.56 Å². The highest BCUT2D eigenvalue weighted by atomic mass is 35.5. The summed E-state index contributed by atoms with van der Waals surface area (Å²) in [5.74, 6) is -0.858. The molecule has 1 saturated heterocycles. The fourth-order valence-corrected chi connectivity index (χ4v) is 2.62. The molecule has 1 aliphatic rings. The van der Waals surface area contributed by atoms with Crippen LogP contribution < -0.4 is 10.2 Å². The molecule has 0 saturated carbocycles. The van der Waals surface area contributed by atoms with Gasteiger partial charge in [0.2, 0.25) is 5.91 Å². The number of halogens is 2. The maximum absolute atomic E-state index is 12.9. The van der Waals surface area contributed by atoms with E-state index in [-0.39, 0.29) is 24.1 Å². The van der Waals surface area contributed by atoms with Crippen LogP contribution in [-0.2, 0) is 16.1 Å². The molecule has 2 amide bonds. The van der Waals surface area contributed by atoms with Crippen LogP contribution in [0.25, 0.3) is 0 Å². The van der Waals surface area contributed by atoms with Gasteiger partial charge in [-0.05, 0) is 42.0 Å². The molecule has 0 radical (unpaired) electrons. The molecule has 1 heterocycles. The monoisotopic (exact) mass is 332 g/mol. The molecule has 4 nitrogen and oxygen atoms in total. The van der Waals surface area contributed by atoms with Gasteiger partial charge in [0.25, 0.3) is 5.91 Å². The van der Waals surface area contributed by atoms with Gasteiger partial charge in [0.05, 0.1) is 18.2 Å². The van der Waals surface area contributed by atoms with Crippen LogP contribution in [0.4, 0.5) is 10.1 Å². The van der Waals surface area contributed by atoms with Crippen LogP contribution >= 0.6 is 11.6 Å². The van der Waals surface area contributed by atoms with Gasteiger partial charge in [-0.1, -0.05) is 23.7 Å². The van der Waals surface area contributed by atoms with E-state index in [1.54, 1.807) is 36.4 Å². The average Bonchev–Trinajstić information content (AvgIpc) is 2.82. The van der Waals surface area contributed by atoms with Gasteiger partial charge in [0.1, 0.15) is 5.82 Å². The molecule has 1 fully saturated rings. The van der Waals surface area contributed by atoms with Crippen molar-refractivity contribution in [3.8, 4) is 0 Å². The smallest absolute Gasteiger partial charge is 0.251 e. The molecule has 3 rings (SSSR count). The summed E-state index contributed by atoms with van der Waals surface area (Å²) in [5.41, 5.74) is 1.35. The summed E-state index contributed by atoms with van der Waals surface area (Å²) in [6, 6.07) is 12.0. The van der Waals surface area contributed by atoms with Crippen molar-refractivity contribution < 1.29 is 14.0 Å². The Morgan fingerprint density at radius 3 is 2.39 bits per heavy atom. The molecule has 23 heavy (non-hydrogen) atoms. The van der Waals surface area contributed by atoms with Crippen molar-refractivity contribution in [2.24, 2.45) is 0 Å². The van der Waals surface area contributed by atoms with Gasteiger partial charge in [-0.3, -0.25) is 9.59 Å². The van der Waals surface area contributed by atoms with Crippen LogP contribution in [0.15, 0.2) is 48.5 Å². The van der Waals surface area contributed by atoms with Gasteiger partial charge in [0.15, 0.2) is 0 Å². The Hall–Kier alpha value is -2.24. The van der Waals surface area contributed by atoms with Crippen LogP contribution in [0.5, 0.6) is 0 Å². The minimum Gasteiger partial charge on any atom is -0.301 e. The van der Waals surface area contributed by atoms with E-state index >= 15 is 0 Å². The molecule has 0 aliphatic carbocycles. The summed E-state index contributed by atoms with van der Waals surface area (Å²) in [5, 5.41) is 3.59. The van der Waals surface area contributed by atoms with Crippen molar-refractivity contribution >= 4 is 29.1 Å². The highest BCUT2D eigenvalue weighted by Gasteiger charge is 2.39. The van der Waals surface area contributed by atoms with Crippen LogP contribution in [0.1, 0.15) is 12.0 Å². The Kier molecular flexibility index (Phi) is 4.41. The predicted octanol–water partition coefficient (Wildman–Crippen LogP) is 2.90. The third kappa shape index (κ3) is 3.41. The van der Waals surface area contributed by atoms with E-state index in [4.69, 9.17) is 11.6 Å². The third-order valence-electron chi connectivity index (χ3n) is 3.70. The fraction of sp³-hybridized carbons (Fsp3) is 0.176. The maximum Gasteiger partial charge on any atom is 0.251 e. The summed E-state index contributed by atoms with van der Waals surface area (Å²) in [4.78, 5) is 25.7. The topological polar surface area (TPSA) is 49.4 Å². The largest absolute Gasteiger partial charge is 0.301 e. The number of nitrogens with one attached hydrogen (secondary N) is 1. The summed E-state index contributed by atoms with van der Waals surface area (Å²) >= 11 is 5.82. The number of benzene rings is 2. The number of amides is 2. The molecule has 6 heteroatoms. The summed E-state index contributed by atoms with van der Waals surface area (Å²) < 4.78 is 12.9. The maximum atomic E-state index is 12.9. The van der Waals surface area contributed by atoms with Crippen molar-refractivity contribution in [2.45, 2.75) is 19.0 Å². The molecule has 2 aromatic carbocycles. The number of carbonyl (C=O) groups excluding carboxylic acids is 2. The van der Waals surface area contributed by atoms with Gasteiger partial charge in [-0.15, -0.1) is 0 Å². The minimum absolute atomic E-state index is 0.0999. The van der Waals surface area contributed by atoms with E-state index in [0.29, 0.717) is 17.3 Å². The Bertz CT molecular complexity index is 731. The lowest BCUT2D eigenvalue weighted by Crippen LogP contribution is -2.38. The van der Waals surface area contributed by atoms with E-state index < -0.39 is 6.04 Å². The molecule has 1 aliphatic heterocycles. The van der Waals surface area contributed by atoms with Crippen LogP contribution in [0.3, 0.4) is 0 Å². The molecule has 1 unspecified atom stereocenters. The van der Waals surface area contributed by atoms with Crippen LogP contribution in [-0.4, -0.2) is 17.9 Å². The molecule has 1 atom stereocenters. The SMILES string of the molecule is O=C1CC(NCc2ccc(F)cc2)C(=O)N1c1ccc(Cl)cc1. The zero-order chi connectivity index (χ0) is 16.4. The summed E-state index contributed by atoms with van der Waals surface area (Å²) in [6.07, 6.45) is 0.0999. The Morgan fingerprint density at radius 1 is 1.09 bits per heavy atom. The van der Waals surface area contributed by atoms with E-state index in [1.165, 1.54) is 17.0 Å². The molecule has 0 aromatic heterocycles. The second kappa shape index (κ2) is 6.48. The molecule has 1 N–H and O–H groups in total. The summed E-state index contributed by atoms with van der Waals surface area (Å²) in [6.45, 7) is 0.387. The number of imide groups is 1. The minimum atomic E-state index is -0.580. The second-order valence-electron chi connectivity index (χ2n) is 5.31. The van der Waals surface area contributed by atoms with Crippen molar-refractivity contribution in [1.29, 1.82) is 0 Å². The lowest BCUT2D eigenvalue weighted by atomic mass is 10.2. The van der Waals surface area contributed by atoms with Gasteiger partial charge in [-0.25, -0.2) is 9.29 Å². The first kappa shape index (κ1) is 15.6. The van der Waals surface area contributed by atoms with Gasteiger partial charge < -0.3 is 5.32 Å². The van der Waals surface area contributed by atoms with E-state index in [2.05, 4.69) is 5.32 Å². The molecule has 2 aromatic rings. The zero-order valence-electron chi connectivity index (χ0n) is 12.1. The normalized spacial score (nSPS) is 17.8. The molecule has 0 bridgehead atoms.